The zero-order valence-electron chi connectivity index (χ0n) is 19.7. The molecular weight excluding hydrogens is 444 g/mol. The molecule has 1 saturated heterocycles. The first-order chi connectivity index (χ1) is 16.5. The summed E-state index contributed by atoms with van der Waals surface area (Å²) in [5, 5.41) is 3.78. The first-order valence-corrected chi connectivity index (χ1v) is 12.1. The summed E-state index contributed by atoms with van der Waals surface area (Å²) >= 11 is 6.03. The van der Waals surface area contributed by atoms with Crippen molar-refractivity contribution in [3.05, 3.63) is 106 Å². The maximum absolute atomic E-state index is 12.8. The number of aromatic nitrogens is 2. The van der Waals surface area contributed by atoms with Crippen molar-refractivity contribution in [3.63, 3.8) is 0 Å². The van der Waals surface area contributed by atoms with Gasteiger partial charge in [0.2, 0.25) is 0 Å². The van der Waals surface area contributed by atoms with Crippen LogP contribution in [-0.4, -0.2) is 29.0 Å². The Labute approximate surface area is 206 Å². The van der Waals surface area contributed by atoms with E-state index in [0.29, 0.717) is 23.9 Å². The van der Waals surface area contributed by atoms with Gasteiger partial charge in [-0.3, -0.25) is 4.79 Å². The number of benzene rings is 2. The van der Waals surface area contributed by atoms with Gasteiger partial charge in [-0.15, -0.1) is 0 Å². The van der Waals surface area contributed by atoms with Gasteiger partial charge in [-0.1, -0.05) is 41.9 Å². The number of rotatable bonds is 5. The van der Waals surface area contributed by atoms with Gasteiger partial charge in [0.05, 0.1) is 0 Å². The first-order valence-electron chi connectivity index (χ1n) is 11.7. The minimum Gasteiger partial charge on any atom is -0.371 e. The molecule has 0 atom stereocenters. The molecule has 34 heavy (non-hydrogen) atoms. The average Bonchev–Trinajstić information content (AvgIpc) is 2.94. The Hall–Kier alpha value is -3.31. The summed E-state index contributed by atoms with van der Waals surface area (Å²) in [7, 11) is 0. The Morgan fingerprint density at radius 2 is 1.76 bits per heavy atom. The Balaban J connectivity index is 1.34. The highest BCUT2D eigenvalue weighted by molar-refractivity contribution is 6.30. The van der Waals surface area contributed by atoms with E-state index >= 15 is 0 Å². The van der Waals surface area contributed by atoms with Crippen molar-refractivity contribution >= 4 is 23.2 Å². The zero-order valence-corrected chi connectivity index (χ0v) is 20.5. The largest absolute Gasteiger partial charge is 0.371 e. The molecule has 2 aromatic carbocycles. The summed E-state index contributed by atoms with van der Waals surface area (Å²) in [6.45, 7) is 6.32. The van der Waals surface area contributed by atoms with E-state index in [9.17, 15) is 4.79 Å². The Kier molecular flexibility index (Phi) is 7.86. The average molecular weight is 475 g/mol. The van der Waals surface area contributed by atoms with Gasteiger partial charge in [-0.2, -0.15) is 0 Å². The van der Waals surface area contributed by atoms with Crippen LogP contribution >= 0.6 is 11.6 Å². The third kappa shape index (κ3) is 6.17. The smallest absolute Gasteiger partial charge is 0.271 e. The highest BCUT2D eigenvalue weighted by atomic mass is 35.5. The van der Waals surface area contributed by atoms with Crippen molar-refractivity contribution in [1.29, 1.82) is 0 Å². The minimum atomic E-state index is -0.197. The predicted molar refractivity (Wildman–Crippen MR) is 139 cm³/mol. The molecule has 2 heterocycles. The molecule has 1 aliphatic heterocycles. The number of carbonyl (C=O) groups excluding carboxylic acids is 1. The molecule has 0 bridgehead atoms. The molecule has 0 spiro atoms. The molecule has 3 aromatic rings. The number of nitrogens with zero attached hydrogens (tertiary/aromatic N) is 2. The number of hydrogen-bond donors (Lipinski definition) is 2. The fourth-order valence-corrected chi connectivity index (χ4v) is 4.40. The van der Waals surface area contributed by atoms with Gasteiger partial charge >= 0.3 is 0 Å². The van der Waals surface area contributed by atoms with Gasteiger partial charge in [-0.05, 0) is 79.6 Å². The van der Waals surface area contributed by atoms with Crippen molar-refractivity contribution in [1.82, 2.24) is 15.3 Å². The summed E-state index contributed by atoms with van der Waals surface area (Å²) in [4.78, 5) is 22.7. The second-order valence-corrected chi connectivity index (χ2v) is 9.24. The van der Waals surface area contributed by atoms with E-state index in [0.717, 1.165) is 42.1 Å². The number of anilines is 1. The lowest BCUT2D eigenvalue weighted by Gasteiger charge is -2.34. The molecular formula is C28H31ClN4O. The van der Waals surface area contributed by atoms with Crippen LogP contribution in [0.3, 0.4) is 0 Å². The van der Waals surface area contributed by atoms with Gasteiger partial charge in [0, 0.05) is 48.4 Å². The summed E-state index contributed by atoms with van der Waals surface area (Å²) in [5.41, 5.74) is 5.74. The molecule has 0 saturated carbocycles. The van der Waals surface area contributed by atoms with E-state index in [1.165, 1.54) is 11.3 Å². The molecule has 0 unspecified atom stereocenters. The van der Waals surface area contributed by atoms with Crippen LogP contribution in [0.25, 0.3) is 0 Å². The zero-order chi connectivity index (χ0) is 23.9. The monoisotopic (exact) mass is 474 g/mol. The third-order valence-electron chi connectivity index (χ3n) is 6.31. The maximum atomic E-state index is 12.8. The third-order valence-corrected chi connectivity index (χ3v) is 6.57. The van der Waals surface area contributed by atoms with Gasteiger partial charge < -0.3 is 15.2 Å². The summed E-state index contributed by atoms with van der Waals surface area (Å²) in [6, 6.07) is 20.6. The van der Waals surface area contributed by atoms with Crippen molar-refractivity contribution in [2.24, 2.45) is 0 Å². The molecule has 0 aliphatic carbocycles. The fraction of sp³-hybridized carbons (Fsp3) is 0.286. The van der Waals surface area contributed by atoms with Gasteiger partial charge in [0.15, 0.2) is 0 Å². The molecule has 1 amide bonds. The summed E-state index contributed by atoms with van der Waals surface area (Å²) < 4.78 is 0. The van der Waals surface area contributed by atoms with Crippen LogP contribution in [0.2, 0.25) is 5.02 Å². The van der Waals surface area contributed by atoms with Crippen LogP contribution < -0.4 is 10.2 Å². The summed E-state index contributed by atoms with van der Waals surface area (Å²) in [5.74, 6) is 0.392. The number of halogens is 1. The Morgan fingerprint density at radius 3 is 2.47 bits per heavy atom. The number of hydrogen-bond acceptors (Lipinski definition) is 3. The number of piperidine rings is 1. The number of H-pyrrole nitrogens is 1. The van der Waals surface area contributed by atoms with Crippen LogP contribution in [0.4, 0.5) is 5.69 Å². The van der Waals surface area contributed by atoms with Crippen molar-refractivity contribution < 1.29 is 4.79 Å². The molecule has 5 nitrogen and oxygen atoms in total. The van der Waals surface area contributed by atoms with Crippen molar-refractivity contribution in [2.45, 2.75) is 39.2 Å². The standard InChI is InChI=1S/C28H31ClN4O/c1-20-4-3-15-30-21(2)27(31-18-20)28(34)32-19-22-5-11-26(12-6-22)33-16-13-24(14-17-33)23-7-9-25(29)10-8-23/h3-12,15,18,24,30H,13-14,16-17,19H2,1-2H3,(H,32,34). The molecule has 6 heteroatoms. The lowest BCUT2D eigenvalue weighted by Crippen LogP contribution is -2.32. The van der Waals surface area contributed by atoms with E-state index in [-0.39, 0.29) is 5.91 Å². The minimum absolute atomic E-state index is 0.197. The molecule has 1 aromatic heterocycles. The van der Waals surface area contributed by atoms with Crippen LogP contribution in [-0.2, 0) is 6.54 Å². The van der Waals surface area contributed by atoms with Gasteiger partial charge in [0.1, 0.15) is 5.69 Å². The van der Waals surface area contributed by atoms with Crippen molar-refractivity contribution in [2.75, 3.05) is 18.0 Å². The quantitative estimate of drug-likeness (QED) is 0.468. The van der Waals surface area contributed by atoms with E-state index in [1.807, 2.05) is 38.1 Å². The second kappa shape index (κ2) is 11.2. The van der Waals surface area contributed by atoms with E-state index in [4.69, 9.17) is 11.6 Å². The lowest BCUT2D eigenvalue weighted by molar-refractivity contribution is 0.0945. The highest BCUT2D eigenvalue weighted by Gasteiger charge is 2.20. The molecule has 2 N–H and O–H groups in total. The van der Waals surface area contributed by atoms with Gasteiger partial charge in [0.25, 0.3) is 5.91 Å². The van der Waals surface area contributed by atoms with Crippen LogP contribution in [0.5, 0.6) is 0 Å². The number of carbonyl (C=O) groups is 1. The normalized spacial score (nSPS) is 13.9. The SMILES string of the molecule is Cc1ccc[nH]c(C)c(C(=O)NCc2ccc(N3CCC(c4ccc(Cl)cc4)CC3)cc2)nc1. The van der Waals surface area contributed by atoms with Crippen molar-refractivity contribution in [3.8, 4) is 0 Å². The Morgan fingerprint density at radius 1 is 1.06 bits per heavy atom. The van der Waals surface area contributed by atoms with E-state index < -0.39 is 0 Å². The lowest BCUT2D eigenvalue weighted by atomic mass is 9.89. The number of aryl methyl sites for hydroxylation is 2. The van der Waals surface area contributed by atoms with E-state index in [1.54, 1.807) is 12.4 Å². The molecule has 1 fully saturated rings. The topological polar surface area (TPSA) is 61.0 Å². The molecule has 1 aliphatic rings. The molecule has 176 valence electrons. The Bertz CT molecular complexity index is 1160. The number of nitrogens with one attached hydrogen (secondary N) is 2. The fourth-order valence-electron chi connectivity index (χ4n) is 4.27. The maximum Gasteiger partial charge on any atom is 0.271 e. The highest BCUT2D eigenvalue weighted by Crippen LogP contribution is 2.31. The second-order valence-electron chi connectivity index (χ2n) is 8.81. The van der Waals surface area contributed by atoms with Crippen LogP contribution in [0, 0.1) is 13.8 Å². The predicted octanol–water partition coefficient (Wildman–Crippen LogP) is 6.12. The molecule has 0 radical (unpaired) electrons. The van der Waals surface area contributed by atoms with Gasteiger partial charge in [-0.25, -0.2) is 4.98 Å². The summed E-state index contributed by atoms with van der Waals surface area (Å²) in [6.07, 6.45) is 5.77. The van der Waals surface area contributed by atoms with Crippen LogP contribution in [0.15, 0.2) is 73.1 Å². The first kappa shape index (κ1) is 23.8. The number of amides is 1. The van der Waals surface area contributed by atoms with Crippen LogP contribution in [0.1, 0.15) is 51.6 Å². The van der Waals surface area contributed by atoms with E-state index in [2.05, 4.69) is 56.6 Å². The number of aromatic amines is 1. The molecule has 4 rings (SSSR count).